The number of carbonyl (C=O) groups excluding carboxylic acids is 3. The number of rotatable bonds is 13. The molecular formula is C27H33N3O8. The van der Waals surface area contributed by atoms with Gasteiger partial charge in [0.15, 0.2) is 5.78 Å². The molecule has 5 N–H and O–H groups in total. The van der Waals surface area contributed by atoms with Gasteiger partial charge in [0.25, 0.3) is 0 Å². The molecule has 0 radical (unpaired) electrons. The molecule has 0 aliphatic carbocycles. The predicted molar refractivity (Wildman–Crippen MR) is 137 cm³/mol. The number of aliphatic hydroxyl groups excluding tert-OH is 1. The van der Waals surface area contributed by atoms with Crippen molar-refractivity contribution in [2.45, 2.75) is 56.5 Å². The van der Waals surface area contributed by atoms with E-state index in [9.17, 15) is 24.3 Å². The molecule has 204 valence electrons. The van der Waals surface area contributed by atoms with E-state index in [2.05, 4.69) is 10.6 Å². The Morgan fingerprint density at radius 3 is 2.00 bits per heavy atom. The zero-order valence-electron chi connectivity index (χ0n) is 21.5. The summed E-state index contributed by atoms with van der Waals surface area (Å²) in [7, 11) is 1.52. The number of epoxide rings is 1. The SMILES string of the molecule is COc1ccc(C[C@H](NC(=O)[C@@H](NC(=O)O)[C@H](C)O)C(=O)N[C@@H](Cc2ccccc2)C(=O)[C@@]2(C)CO2)cc1. The van der Waals surface area contributed by atoms with Crippen LogP contribution in [-0.4, -0.2) is 77.5 Å². The zero-order chi connectivity index (χ0) is 27.9. The lowest BCUT2D eigenvalue weighted by Gasteiger charge is -2.26. The Morgan fingerprint density at radius 1 is 0.921 bits per heavy atom. The van der Waals surface area contributed by atoms with Gasteiger partial charge in [-0.15, -0.1) is 0 Å². The maximum absolute atomic E-state index is 13.5. The van der Waals surface area contributed by atoms with Crippen LogP contribution in [0.4, 0.5) is 4.79 Å². The molecule has 3 rings (SSSR count). The molecule has 0 aromatic heterocycles. The summed E-state index contributed by atoms with van der Waals surface area (Å²) in [6.07, 6.45) is -2.63. The molecule has 0 saturated carbocycles. The highest BCUT2D eigenvalue weighted by molar-refractivity contribution is 5.98. The molecule has 0 bridgehead atoms. The fourth-order valence-corrected chi connectivity index (χ4v) is 3.96. The first kappa shape index (κ1) is 28.6. The average Bonchev–Trinajstić information content (AvgIpc) is 3.65. The van der Waals surface area contributed by atoms with Gasteiger partial charge in [0, 0.05) is 6.42 Å². The van der Waals surface area contributed by atoms with E-state index < -0.39 is 47.7 Å². The van der Waals surface area contributed by atoms with E-state index in [-0.39, 0.29) is 25.2 Å². The Balaban J connectivity index is 1.85. The second kappa shape index (κ2) is 12.5. The van der Waals surface area contributed by atoms with Crippen molar-refractivity contribution in [1.82, 2.24) is 16.0 Å². The van der Waals surface area contributed by atoms with Gasteiger partial charge in [0.05, 0.1) is 25.9 Å². The number of amides is 3. The van der Waals surface area contributed by atoms with Crippen molar-refractivity contribution in [3.05, 3.63) is 65.7 Å². The lowest BCUT2D eigenvalue weighted by atomic mass is 9.94. The van der Waals surface area contributed by atoms with Crippen LogP contribution < -0.4 is 20.7 Å². The van der Waals surface area contributed by atoms with Crippen molar-refractivity contribution < 1.29 is 38.9 Å². The summed E-state index contributed by atoms with van der Waals surface area (Å²) in [6.45, 7) is 3.15. The smallest absolute Gasteiger partial charge is 0.405 e. The van der Waals surface area contributed by atoms with Crippen LogP contribution in [-0.2, 0) is 32.0 Å². The molecule has 11 nitrogen and oxygen atoms in total. The second-order valence-corrected chi connectivity index (χ2v) is 9.42. The van der Waals surface area contributed by atoms with Gasteiger partial charge in [0.1, 0.15) is 23.4 Å². The van der Waals surface area contributed by atoms with E-state index in [0.29, 0.717) is 11.3 Å². The van der Waals surface area contributed by atoms with Gasteiger partial charge in [-0.1, -0.05) is 42.5 Å². The predicted octanol–water partition coefficient (Wildman–Crippen LogP) is 0.825. The topological polar surface area (TPSA) is 167 Å². The minimum atomic E-state index is -1.51. The fourth-order valence-electron chi connectivity index (χ4n) is 3.96. The van der Waals surface area contributed by atoms with E-state index in [1.54, 1.807) is 31.2 Å². The summed E-state index contributed by atoms with van der Waals surface area (Å²) in [5.74, 6) is -1.23. The Kier molecular flexibility index (Phi) is 9.43. The number of hydrogen-bond donors (Lipinski definition) is 5. The van der Waals surface area contributed by atoms with E-state index in [0.717, 1.165) is 5.56 Å². The number of methoxy groups -OCH3 is 1. The third kappa shape index (κ3) is 7.77. The molecule has 2 aromatic rings. The first-order valence-corrected chi connectivity index (χ1v) is 12.2. The number of ketones is 1. The minimum absolute atomic E-state index is 0.0290. The summed E-state index contributed by atoms with van der Waals surface area (Å²) in [4.78, 5) is 50.8. The molecule has 1 saturated heterocycles. The number of benzene rings is 2. The minimum Gasteiger partial charge on any atom is -0.497 e. The third-order valence-electron chi connectivity index (χ3n) is 6.29. The quantitative estimate of drug-likeness (QED) is 0.239. The monoisotopic (exact) mass is 527 g/mol. The summed E-state index contributed by atoms with van der Waals surface area (Å²) >= 11 is 0. The van der Waals surface area contributed by atoms with Gasteiger partial charge in [0.2, 0.25) is 11.8 Å². The van der Waals surface area contributed by atoms with E-state index in [1.165, 1.54) is 14.0 Å². The highest BCUT2D eigenvalue weighted by Crippen LogP contribution is 2.29. The van der Waals surface area contributed by atoms with E-state index in [1.807, 2.05) is 35.6 Å². The Labute approximate surface area is 220 Å². The Hall–Kier alpha value is -3.96. The fraction of sp³-hybridized carbons (Fsp3) is 0.407. The van der Waals surface area contributed by atoms with Crippen molar-refractivity contribution in [1.29, 1.82) is 0 Å². The molecule has 1 aliphatic heterocycles. The van der Waals surface area contributed by atoms with Crippen LogP contribution in [0.25, 0.3) is 0 Å². The Morgan fingerprint density at radius 2 is 1.47 bits per heavy atom. The van der Waals surface area contributed by atoms with Crippen LogP contribution >= 0.6 is 0 Å². The van der Waals surface area contributed by atoms with Crippen LogP contribution in [0.3, 0.4) is 0 Å². The standard InChI is InChI=1S/C27H33N3O8/c1-16(31)22(30-26(35)36)25(34)29-21(14-18-9-11-19(37-3)12-10-18)24(33)28-20(23(32)27(2)15-38-27)13-17-7-5-4-6-8-17/h4-12,16,20-22,30-31H,13-15H2,1-3H3,(H,28,33)(H,29,34)(H,35,36)/t16-,20-,21-,22-,27+/m0/s1. The van der Waals surface area contributed by atoms with Gasteiger partial charge in [-0.05, 0) is 43.5 Å². The molecule has 1 fully saturated rings. The number of nitrogens with one attached hydrogen (secondary N) is 3. The highest BCUT2D eigenvalue weighted by Gasteiger charge is 2.50. The van der Waals surface area contributed by atoms with Crippen molar-refractivity contribution in [3.8, 4) is 5.75 Å². The molecule has 1 heterocycles. The van der Waals surface area contributed by atoms with Crippen LogP contribution in [0.1, 0.15) is 25.0 Å². The first-order valence-electron chi connectivity index (χ1n) is 12.2. The molecule has 5 atom stereocenters. The van der Waals surface area contributed by atoms with Crippen LogP contribution in [0.15, 0.2) is 54.6 Å². The van der Waals surface area contributed by atoms with Gasteiger partial charge >= 0.3 is 6.09 Å². The largest absolute Gasteiger partial charge is 0.497 e. The summed E-state index contributed by atoms with van der Waals surface area (Å²) in [5.41, 5.74) is 0.505. The van der Waals surface area contributed by atoms with Gasteiger partial charge in [-0.2, -0.15) is 0 Å². The van der Waals surface area contributed by atoms with Crippen LogP contribution in [0, 0.1) is 0 Å². The zero-order valence-corrected chi connectivity index (χ0v) is 21.5. The maximum Gasteiger partial charge on any atom is 0.405 e. The van der Waals surface area contributed by atoms with E-state index >= 15 is 0 Å². The first-order chi connectivity index (χ1) is 18.0. The second-order valence-electron chi connectivity index (χ2n) is 9.42. The lowest BCUT2D eigenvalue weighted by molar-refractivity contribution is -0.133. The van der Waals surface area contributed by atoms with Crippen LogP contribution in [0.2, 0.25) is 0 Å². The number of ether oxygens (including phenoxy) is 2. The van der Waals surface area contributed by atoms with Gasteiger partial charge < -0.3 is 35.6 Å². The van der Waals surface area contributed by atoms with Crippen molar-refractivity contribution in [2.24, 2.45) is 0 Å². The summed E-state index contributed by atoms with van der Waals surface area (Å²) in [6, 6.07) is 12.4. The van der Waals surface area contributed by atoms with Crippen molar-refractivity contribution >= 4 is 23.7 Å². The van der Waals surface area contributed by atoms with Crippen molar-refractivity contribution in [3.63, 3.8) is 0 Å². The molecule has 0 unspecified atom stereocenters. The summed E-state index contributed by atoms with van der Waals surface area (Å²) in [5, 5.41) is 26.3. The highest BCUT2D eigenvalue weighted by atomic mass is 16.6. The molecule has 0 spiro atoms. The number of Topliss-reactive ketones (excluding diaryl/α,β-unsaturated/α-hetero) is 1. The average molecular weight is 528 g/mol. The molecule has 1 aliphatic rings. The molecular weight excluding hydrogens is 494 g/mol. The molecule has 38 heavy (non-hydrogen) atoms. The van der Waals surface area contributed by atoms with Crippen LogP contribution in [0.5, 0.6) is 5.75 Å². The van der Waals surface area contributed by atoms with E-state index in [4.69, 9.17) is 14.6 Å². The van der Waals surface area contributed by atoms with Crippen molar-refractivity contribution in [2.75, 3.05) is 13.7 Å². The summed E-state index contributed by atoms with van der Waals surface area (Å²) < 4.78 is 10.5. The third-order valence-corrected chi connectivity index (χ3v) is 6.29. The Bertz CT molecular complexity index is 1130. The molecule has 3 amide bonds. The number of hydrogen-bond acceptors (Lipinski definition) is 7. The van der Waals surface area contributed by atoms with Gasteiger partial charge in [-0.25, -0.2) is 4.79 Å². The molecule has 11 heteroatoms. The molecule has 2 aromatic carbocycles. The number of carbonyl (C=O) groups is 4. The normalized spacial score (nSPS) is 19.3. The lowest BCUT2D eigenvalue weighted by Crippen LogP contribution is -2.59. The van der Waals surface area contributed by atoms with Gasteiger partial charge in [-0.3, -0.25) is 14.4 Å². The maximum atomic E-state index is 13.5. The number of aliphatic hydroxyl groups is 1. The number of carboxylic acid groups (broad SMARTS) is 1.